The van der Waals surface area contributed by atoms with Crippen molar-refractivity contribution in [3.05, 3.63) is 59.2 Å². The van der Waals surface area contributed by atoms with Crippen LogP contribution < -0.4 is 15.2 Å². The molecule has 3 N–H and O–H groups in total. The van der Waals surface area contributed by atoms with Gasteiger partial charge in [-0.05, 0) is 36.2 Å². The zero-order valence-corrected chi connectivity index (χ0v) is 12.0. The summed E-state index contributed by atoms with van der Waals surface area (Å²) in [6.45, 7) is 2.40. The summed E-state index contributed by atoms with van der Waals surface area (Å²) in [6.07, 6.45) is 0. The van der Waals surface area contributed by atoms with Gasteiger partial charge in [0.15, 0.2) is 5.84 Å². The molecule has 0 radical (unpaired) electrons. The molecule has 0 spiro atoms. The second kappa shape index (κ2) is 6.65. The van der Waals surface area contributed by atoms with Gasteiger partial charge in [-0.25, -0.2) is 0 Å². The molecule has 2 rings (SSSR count). The van der Waals surface area contributed by atoms with E-state index < -0.39 is 0 Å². The van der Waals surface area contributed by atoms with Crippen LogP contribution in [0.5, 0.6) is 11.5 Å². The Morgan fingerprint density at radius 2 is 1.95 bits per heavy atom. The fourth-order valence-corrected chi connectivity index (χ4v) is 1.93. The summed E-state index contributed by atoms with van der Waals surface area (Å²) in [5, 5.41) is 11.7. The van der Waals surface area contributed by atoms with Gasteiger partial charge in [-0.1, -0.05) is 23.4 Å². The lowest BCUT2D eigenvalue weighted by Gasteiger charge is -2.11. The number of benzene rings is 2. The van der Waals surface area contributed by atoms with Gasteiger partial charge in [0.2, 0.25) is 0 Å². The molecule has 0 bridgehead atoms. The van der Waals surface area contributed by atoms with Crippen LogP contribution in [0, 0.1) is 6.92 Å². The number of methoxy groups -OCH3 is 1. The third-order valence-electron chi connectivity index (χ3n) is 3.18. The fraction of sp³-hybridized carbons (Fsp3) is 0.188. The van der Waals surface area contributed by atoms with E-state index in [0.717, 1.165) is 22.6 Å². The van der Waals surface area contributed by atoms with Gasteiger partial charge in [-0.3, -0.25) is 0 Å². The molecular weight excluding hydrogens is 268 g/mol. The van der Waals surface area contributed by atoms with E-state index in [9.17, 15) is 0 Å². The van der Waals surface area contributed by atoms with Crippen LogP contribution in [0.4, 0.5) is 0 Å². The number of nitrogens with zero attached hydrogens (tertiary/aromatic N) is 1. The maximum Gasteiger partial charge on any atom is 0.170 e. The Morgan fingerprint density at radius 1 is 1.19 bits per heavy atom. The molecule has 2 aromatic carbocycles. The zero-order valence-electron chi connectivity index (χ0n) is 12.0. The molecular formula is C16H18N2O3. The van der Waals surface area contributed by atoms with Crippen LogP contribution in [-0.4, -0.2) is 18.2 Å². The minimum absolute atomic E-state index is 0.0957. The van der Waals surface area contributed by atoms with Crippen molar-refractivity contribution in [2.45, 2.75) is 13.5 Å². The summed E-state index contributed by atoms with van der Waals surface area (Å²) in [4.78, 5) is 0. The third-order valence-corrected chi connectivity index (χ3v) is 3.18. The number of rotatable bonds is 5. The lowest BCUT2D eigenvalue weighted by Crippen LogP contribution is -2.13. The molecule has 0 aliphatic rings. The Hall–Kier alpha value is -2.69. The van der Waals surface area contributed by atoms with E-state index in [2.05, 4.69) is 5.16 Å². The van der Waals surface area contributed by atoms with Crippen molar-refractivity contribution in [1.29, 1.82) is 0 Å². The minimum atomic E-state index is 0.0957. The van der Waals surface area contributed by atoms with E-state index in [4.69, 9.17) is 20.4 Å². The molecule has 0 heterocycles. The standard InChI is InChI=1S/C16H18N2O3/c1-11-8-12(16(17)18-19)6-7-13(11)10-21-15-5-3-4-14(9-15)20-2/h3-9,19H,10H2,1-2H3,(H2,17,18). The van der Waals surface area contributed by atoms with Crippen molar-refractivity contribution >= 4 is 5.84 Å². The number of nitrogens with two attached hydrogens (primary N) is 1. The van der Waals surface area contributed by atoms with Gasteiger partial charge in [-0.15, -0.1) is 0 Å². The van der Waals surface area contributed by atoms with Crippen LogP contribution in [0.3, 0.4) is 0 Å². The Morgan fingerprint density at radius 3 is 2.62 bits per heavy atom. The second-order valence-corrected chi connectivity index (χ2v) is 4.59. The van der Waals surface area contributed by atoms with Gasteiger partial charge in [0.05, 0.1) is 7.11 Å². The van der Waals surface area contributed by atoms with Crippen LogP contribution >= 0.6 is 0 Å². The smallest absolute Gasteiger partial charge is 0.170 e. The average molecular weight is 286 g/mol. The van der Waals surface area contributed by atoms with Crippen molar-refractivity contribution in [2.75, 3.05) is 7.11 Å². The average Bonchev–Trinajstić information content (AvgIpc) is 2.53. The zero-order chi connectivity index (χ0) is 15.2. The first-order valence-corrected chi connectivity index (χ1v) is 6.48. The maximum atomic E-state index is 8.68. The minimum Gasteiger partial charge on any atom is -0.497 e. The van der Waals surface area contributed by atoms with Crippen LogP contribution in [0.1, 0.15) is 16.7 Å². The Labute approximate surface area is 123 Å². The Bertz CT molecular complexity index is 654. The number of ether oxygens (including phenoxy) is 2. The molecule has 110 valence electrons. The number of oxime groups is 1. The van der Waals surface area contributed by atoms with E-state index in [1.807, 2.05) is 43.3 Å². The van der Waals surface area contributed by atoms with Crippen LogP contribution in [0.15, 0.2) is 47.6 Å². The summed E-state index contributed by atoms with van der Waals surface area (Å²) in [7, 11) is 1.62. The van der Waals surface area contributed by atoms with E-state index in [1.54, 1.807) is 13.2 Å². The molecule has 0 saturated heterocycles. The van der Waals surface area contributed by atoms with Gasteiger partial charge in [0.25, 0.3) is 0 Å². The van der Waals surface area contributed by atoms with Gasteiger partial charge < -0.3 is 20.4 Å². The van der Waals surface area contributed by atoms with Crippen LogP contribution in [0.25, 0.3) is 0 Å². The van der Waals surface area contributed by atoms with Crippen LogP contribution in [0.2, 0.25) is 0 Å². The summed E-state index contributed by atoms with van der Waals surface area (Å²) in [5.74, 6) is 1.60. The highest BCUT2D eigenvalue weighted by atomic mass is 16.5. The van der Waals surface area contributed by atoms with E-state index in [-0.39, 0.29) is 5.84 Å². The fourth-order valence-electron chi connectivity index (χ4n) is 1.93. The lowest BCUT2D eigenvalue weighted by molar-refractivity contribution is 0.303. The van der Waals surface area contributed by atoms with Gasteiger partial charge >= 0.3 is 0 Å². The van der Waals surface area contributed by atoms with Crippen molar-refractivity contribution in [3.63, 3.8) is 0 Å². The summed E-state index contributed by atoms with van der Waals surface area (Å²) < 4.78 is 10.9. The molecule has 0 aliphatic heterocycles. The predicted molar refractivity (Wildman–Crippen MR) is 81.0 cm³/mol. The number of hydrogen-bond donors (Lipinski definition) is 2. The molecule has 21 heavy (non-hydrogen) atoms. The highest BCUT2D eigenvalue weighted by Gasteiger charge is 2.05. The summed E-state index contributed by atoms with van der Waals surface area (Å²) in [5.41, 5.74) is 8.30. The van der Waals surface area contributed by atoms with E-state index in [1.165, 1.54) is 0 Å². The van der Waals surface area contributed by atoms with Crippen molar-refractivity contribution in [1.82, 2.24) is 0 Å². The molecule has 5 nitrogen and oxygen atoms in total. The largest absolute Gasteiger partial charge is 0.497 e. The highest BCUT2D eigenvalue weighted by Crippen LogP contribution is 2.21. The van der Waals surface area contributed by atoms with E-state index >= 15 is 0 Å². The van der Waals surface area contributed by atoms with Gasteiger partial charge in [-0.2, -0.15) is 0 Å². The number of amidine groups is 1. The SMILES string of the molecule is COc1cccc(OCc2ccc(/C(N)=N/O)cc2C)c1. The van der Waals surface area contributed by atoms with Crippen molar-refractivity contribution < 1.29 is 14.7 Å². The number of hydrogen-bond acceptors (Lipinski definition) is 4. The van der Waals surface area contributed by atoms with Crippen LogP contribution in [-0.2, 0) is 6.61 Å². The van der Waals surface area contributed by atoms with E-state index in [0.29, 0.717) is 12.2 Å². The molecule has 0 unspecified atom stereocenters. The first kappa shape index (κ1) is 14.7. The second-order valence-electron chi connectivity index (χ2n) is 4.59. The Balaban J connectivity index is 2.09. The van der Waals surface area contributed by atoms with Gasteiger partial charge in [0, 0.05) is 11.6 Å². The summed E-state index contributed by atoms with van der Waals surface area (Å²) in [6, 6.07) is 13.0. The summed E-state index contributed by atoms with van der Waals surface area (Å²) >= 11 is 0. The highest BCUT2D eigenvalue weighted by molar-refractivity contribution is 5.97. The molecule has 0 saturated carbocycles. The quantitative estimate of drug-likeness (QED) is 0.383. The normalized spacial score (nSPS) is 11.2. The third kappa shape index (κ3) is 3.66. The first-order chi connectivity index (χ1) is 10.1. The molecule has 0 aliphatic carbocycles. The molecule has 0 fully saturated rings. The topological polar surface area (TPSA) is 77.1 Å². The lowest BCUT2D eigenvalue weighted by atomic mass is 10.1. The maximum absolute atomic E-state index is 8.68. The molecule has 2 aromatic rings. The molecule has 0 amide bonds. The monoisotopic (exact) mass is 286 g/mol. The van der Waals surface area contributed by atoms with Crippen molar-refractivity contribution in [2.24, 2.45) is 10.9 Å². The molecule has 5 heteroatoms. The molecule has 0 aromatic heterocycles. The number of aryl methyl sites for hydroxylation is 1. The van der Waals surface area contributed by atoms with Crippen molar-refractivity contribution in [3.8, 4) is 11.5 Å². The Kier molecular flexibility index (Phi) is 4.66. The predicted octanol–water partition coefficient (Wildman–Crippen LogP) is 2.68. The first-order valence-electron chi connectivity index (χ1n) is 6.48. The van der Waals surface area contributed by atoms with Gasteiger partial charge in [0.1, 0.15) is 18.1 Å². The molecule has 0 atom stereocenters.